The average molecular weight is 373 g/mol. The van der Waals surface area contributed by atoms with Crippen LogP contribution in [0.4, 0.5) is 23.0 Å². The Hall–Kier alpha value is -3.23. The molecule has 2 rings (SSSR count). The molecule has 0 fully saturated rings. The summed E-state index contributed by atoms with van der Waals surface area (Å²) in [6.45, 7) is 6.77. The molecule has 0 aliphatic carbocycles. The number of rotatable bonds is 9. The second kappa shape index (κ2) is 9.46. The lowest BCUT2D eigenvalue weighted by Crippen LogP contribution is -2.10. The first-order valence-electron chi connectivity index (χ1n) is 8.69. The largest absolute Gasteiger partial charge is 0.462 e. The molecular formula is C18H23N5O4. The van der Waals surface area contributed by atoms with Crippen molar-refractivity contribution >= 4 is 29.0 Å². The van der Waals surface area contributed by atoms with Crippen LogP contribution < -0.4 is 10.6 Å². The van der Waals surface area contributed by atoms with Gasteiger partial charge < -0.3 is 15.4 Å². The van der Waals surface area contributed by atoms with Gasteiger partial charge in [-0.3, -0.25) is 10.1 Å². The maximum absolute atomic E-state index is 11.9. The van der Waals surface area contributed by atoms with Crippen LogP contribution in [0.3, 0.4) is 0 Å². The number of hydrogen-bond acceptors (Lipinski definition) is 8. The van der Waals surface area contributed by atoms with E-state index in [1.807, 2.05) is 20.8 Å². The summed E-state index contributed by atoms with van der Waals surface area (Å²) in [5, 5.41) is 17.3. The fraction of sp³-hybridized carbons (Fsp3) is 0.389. The lowest BCUT2D eigenvalue weighted by Gasteiger charge is -2.10. The molecular weight excluding hydrogens is 350 g/mol. The molecule has 0 saturated heterocycles. The predicted octanol–water partition coefficient (Wildman–Crippen LogP) is 3.76. The molecule has 0 amide bonds. The number of esters is 1. The van der Waals surface area contributed by atoms with Gasteiger partial charge in [0.25, 0.3) is 0 Å². The van der Waals surface area contributed by atoms with E-state index in [-0.39, 0.29) is 23.2 Å². The predicted molar refractivity (Wildman–Crippen MR) is 102 cm³/mol. The van der Waals surface area contributed by atoms with Crippen LogP contribution in [-0.4, -0.2) is 34.0 Å². The quantitative estimate of drug-likeness (QED) is 0.387. The van der Waals surface area contributed by atoms with Crippen molar-refractivity contribution in [1.29, 1.82) is 0 Å². The van der Waals surface area contributed by atoms with Crippen molar-refractivity contribution in [3.8, 4) is 0 Å². The van der Waals surface area contributed by atoms with Crippen molar-refractivity contribution in [2.45, 2.75) is 27.2 Å². The smallest absolute Gasteiger partial charge is 0.353 e. The summed E-state index contributed by atoms with van der Waals surface area (Å²) in [7, 11) is 0. The molecule has 0 aliphatic heterocycles. The highest BCUT2D eigenvalue weighted by atomic mass is 16.6. The number of carbonyl (C=O) groups excluding carboxylic acids is 1. The molecule has 0 saturated carbocycles. The van der Waals surface area contributed by atoms with Crippen molar-refractivity contribution in [1.82, 2.24) is 9.97 Å². The molecule has 2 N–H and O–H groups in total. The third-order valence-corrected chi connectivity index (χ3v) is 3.48. The number of carbonyl (C=O) groups is 1. The van der Waals surface area contributed by atoms with Gasteiger partial charge >= 0.3 is 11.7 Å². The van der Waals surface area contributed by atoms with E-state index < -0.39 is 10.9 Å². The highest BCUT2D eigenvalue weighted by Crippen LogP contribution is 2.31. The number of anilines is 3. The number of aromatic nitrogens is 2. The van der Waals surface area contributed by atoms with Crippen molar-refractivity contribution in [2.24, 2.45) is 5.92 Å². The number of nitro groups is 1. The van der Waals surface area contributed by atoms with E-state index in [1.54, 1.807) is 24.3 Å². The van der Waals surface area contributed by atoms with Gasteiger partial charge in [-0.15, -0.1) is 0 Å². The van der Waals surface area contributed by atoms with Crippen LogP contribution in [-0.2, 0) is 4.74 Å². The Morgan fingerprint density at radius 1 is 1.22 bits per heavy atom. The molecule has 1 aromatic carbocycles. The van der Waals surface area contributed by atoms with Gasteiger partial charge in [0.2, 0.25) is 11.6 Å². The minimum Gasteiger partial charge on any atom is -0.462 e. The number of benzene rings is 1. The Bertz CT molecular complexity index is 793. The lowest BCUT2D eigenvalue weighted by atomic mass is 10.2. The van der Waals surface area contributed by atoms with Crippen molar-refractivity contribution in [3.63, 3.8) is 0 Å². The van der Waals surface area contributed by atoms with E-state index in [0.717, 1.165) is 6.42 Å². The van der Waals surface area contributed by atoms with Gasteiger partial charge in [-0.2, -0.15) is 0 Å². The molecule has 9 nitrogen and oxygen atoms in total. The fourth-order valence-corrected chi connectivity index (χ4v) is 2.17. The van der Waals surface area contributed by atoms with Crippen LogP contribution in [0.15, 0.2) is 30.6 Å². The molecule has 1 aromatic heterocycles. The van der Waals surface area contributed by atoms with Gasteiger partial charge in [0.05, 0.1) is 17.1 Å². The summed E-state index contributed by atoms with van der Waals surface area (Å²) in [6.07, 6.45) is 2.06. The van der Waals surface area contributed by atoms with Crippen LogP contribution in [0.5, 0.6) is 0 Å². The van der Waals surface area contributed by atoms with Gasteiger partial charge in [0.1, 0.15) is 6.33 Å². The van der Waals surface area contributed by atoms with Crippen molar-refractivity contribution < 1.29 is 14.5 Å². The Morgan fingerprint density at radius 2 is 1.89 bits per heavy atom. The van der Waals surface area contributed by atoms with Crippen LogP contribution in [0, 0.1) is 16.0 Å². The summed E-state index contributed by atoms with van der Waals surface area (Å²) in [5.74, 6) is 0.0787. The van der Waals surface area contributed by atoms with Gasteiger partial charge in [-0.1, -0.05) is 20.8 Å². The molecule has 0 atom stereocenters. The lowest BCUT2D eigenvalue weighted by molar-refractivity contribution is -0.383. The van der Waals surface area contributed by atoms with Crippen molar-refractivity contribution in [2.75, 3.05) is 23.8 Å². The molecule has 0 bridgehead atoms. The van der Waals surface area contributed by atoms with Crippen molar-refractivity contribution in [3.05, 3.63) is 46.3 Å². The first-order chi connectivity index (χ1) is 12.9. The highest BCUT2D eigenvalue weighted by molar-refractivity contribution is 5.90. The Kier molecular flexibility index (Phi) is 7.04. The standard InChI is InChI=1S/C18H23N5O4/c1-4-9-19-16-15(23(25)26)17(21-11-20-16)22-14-7-5-13(6-8-14)18(24)27-10-12(2)3/h5-8,11-12H,4,9-10H2,1-3H3,(H2,19,20,21,22). The maximum atomic E-state index is 11.9. The van der Waals surface area contributed by atoms with Crippen LogP contribution in [0.25, 0.3) is 0 Å². The number of nitrogens with one attached hydrogen (secondary N) is 2. The van der Waals surface area contributed by atoms with Gasteiger partial charge in [0, 0.05) is 12.2 Å². The molecule has 9 heteroatoms. The van der Waals surface area contributed by atoms with E-state index in [9.17, 15) is 14.9 Å². The fourth-order valence-electron chi connectivity index (χ4n) is 2.17. The number of ether oxygens (including phenoxy) is 1. The van der Waals surface area contributed by atoms with E-state index in [2.05, 4.69) is 20.6 Å². The number of nitrogens with zero attached hydrogens (tertiary/aromatic N) is 3. The minimum absolute atomic E-state index is 0.0729. The Morgan fingerprint density at radius 3 is 2.48 bits per heavy atom. The molecule has 144 valence electrons. The van der Waals surface area contributed by atoms with Crippen LogP contribution in [0.2, 0.25) is 0 Å². The average Bonchev–Trinajstić information content (AvgIpc) is 2.64. The first-order valence-corrected chi connectivity index (χ1v) is 8.69. The monoisotopic (exact) mass is 373 g/mol. The summed E-state index contributed by atoms with van der Waals surface area (Å²) in [4.78, 5) is 30.8. The summed E-state index contributed by atoms with van der Waals surface area (Å²) in [6, 6.07) is 6.45. The SMILES string of the molecule is CCCNc1ncnc(Nc2ccc(C(=O)OCC(C)C)cc2)c1[N+](=O)[O-]. The third kappa shape index (κ3) is 5.63. The second-order valence-electron chi connectivity index (χ2n) is 6.30. The first kappa shape index (κ1) is 20.1. The molecule has 0 radical (unpaired) electrons. The minimum atomic E-state index is -0.530. The van der Waals surface area contributed by atoms with Crippen LogP contribution in [0.1, 0.15) is 37.6 Å². The van der Waals surface area contributed by atoms with E-state index in [1.165, 1.54) is 6.33 Å². The number of hydrogen-bond donors (Lipinski definition) is 2. The van der Waals surface area contributed by atoms with E-state index in [4.69, 9.17) is 4.74 Å². The maximum Gasteiger partial charge on any atom is 0.353 e. The molecule has 2 aromatic rings. The van der Waals surface area contributed by atoms with Gasteiger partial charge in [0.15, 0.2) is 0 Å². The molecule has 0 spiro atoms. The molecule has 0 unspecified atom stereocenters. The zero-order valence-corrected chi connectivity index (χ0v) is 15.6. The highest BCUT2D eigenvalue weighted by Gasteiger charge is 2.22. The van der Waals surface area contributed by atoms with E-state index in [0.29, 0.717) is 24.4 Å². The Labute approximate surface area is 157 Å². The van der Waals surface area contributed by atoms with Crippen LogP contribution >= 0.6 is 0 Å². The summed E-state index contributed by atoms with van der Waals surface area (Å²) < 4.78 is 5.17. The topological polar surface area (TPSA) is 119 Å². The summed E-state index contributed by atoms with van der Waals surface area (Å²) >= 11 is 0. The molecule has 27 heavy (non-hydrogen) atoms. The molecule has 1 heterocycles. The van der Waals surface area contributed by atoms with Gasteiger partial charge in [-0.05, 0) is 36.6 Å². The zero-order chi connectivity index (χ0) is 19.8. The second-order valence-corrected chi connectivity index (χ2v) is 6.30. The normalized spacial score (nSPS) is 10.5. The summed E-state index contributed by atoms with van der Waals surface area (Å²) in [5.41, 5.74) is 0.730. The zero-order valence-electron chi connectivity index (χ0n) is 15.6. The van der Waals surface area contributed by atoms with Gasteiger partial charge in [-0.25, -0.2) is 14.8 Å². The van der Waals surface area contributed by atoms with E-state index >= 15 is 0 Å². The third-order valence-electron chi connectivity index (χ3n) is 3.48. The Balaban J connectivity index is 2.17. The molecule has 0 aliphatic rings.